The molecular formula is C12H11FN6. The number of rotatable bonds is 2. The zero-order chi connectivity index (χ0) is 13.4. The molecule has 96 valence electrons. The van der Waals surface area contributed by atoms with Gasteiger partial charge in [0.1, 0.15) is 11.3 Å². The summed E-state index contributed by atoms with van der Waals surface area (Å²) in [5.74, 6) is 0.107. The van der Waals surface area contributed by atoms with Crippen LogP contribution in [0.15, 0.2) is 24.5 Å². The van der Waals surface area contributed by atoms with Gasteiger partial charge in [-0.25, -0.2) is 9.37 Å². The lowest BCUT2D eigenvalue weighted by Gasteiger charge is -2.08. The van der Waals surface area contributed by atoms with E-state index in [2.05, 4.69) is 25.3 Å². The SMILES string of the molecule is Cc1ccc(F)c(Nc2nc(N)nc3nc[nH]c23)c1. The first-order chi connectivity index (χ1) is 9.13. The van der Waals surface area contributed by atoms with Crippen LogP contribution < -0.4 is 11.1 Å². The van der Waals surface area contributed by atoms with Crippen LogP contribution in [0, 0.1) is 12.7 Å². The van der Waals surface area contributed by atoms with Crippen LogP contribution in [0.5, 0.6) is 0 Å². The predicted molar refractivity (Wildman–Crippen MR) is 70.5 cm³/mol. The lowest BCUT2D eigenvalue weighted by Crippen LogP contribution is -2.02. The molecule has 2 heterocycles. The Balaban J connectivity index is 2.10. The van der Waals surface area contributed by atoms with E-state index in [1.807, 2.05) is 6.92 Å². The quantitative estimate of drug-likeness (QED) is 0.654. The normalized spacial score (nSPS) is 10.8. The fourth-order valence-electron chi connectivity index (χ4n) is 1.80. The van der Waals surface area contributed by atoms with E-state index in [1.165, 1.54) is 12.4 Å². The fourth-order valence-corrected chi connectivity index (χ4v) is 1.80. The van der Waals surface area contributed by atoms with Gasteiger partial charge in [0.15, 0.2) is 11.5 Å². The average Bonchev–Trinajstić information content (AvgIpc) is 2.82. The molecule has 19 heavy (non-hydrogen) atoms. The smallest absolute Gasteiger partial charge is 0.224 e. The lowest BCUT2D eigenvalue weighted by atomic mass is 10.2. The van der Waals surface area contributed by atoms with Crippen LogP contribution in [0.1, 0.15) is 5.56 Å². The van der Waals surface area contributed by atoms with Crippen LogP contribution >= 0.6 is 0 Å². The first-order valence-corrected chi connectivity index (χ1v) is 5.63. The fraction of sp³-hybridized carbons (Fsp3) is 0.0833. The molecule has 0 unspecified atom stereocenters. The molecule has 7 heteroatoms. The molecule has 0 atom stereocenters. The average molecular weight is 258 g/mol. The van der Waals surface area contributed by atoms with Gasteiger partial charge in [-0.2, -0.15) is 9.97 Å². The van der Waals surface area contributed by atoms with Crippen LogP contribution in [0.3, 0.4) is 0 Å². The Labute approximate surface area is 107 Å². The summed E-state index contributed by atoms with van der Waals surface area (Å²) >= 11 is 0. The number of hydrogen-bond acceptors (Lipinski definition) is 5. The summed E-state index contributed by atoms with van der Waals surface area (Å²) in [6, 6.07) is 4.78. The van der Waals surface area contributed by atoms with Crippen molar-refractivity contribution in [1.82, 2.24) is 19.9 Å². The van der Waals surface area contributed by atoms with Gasteiger partial charge in [0.05, 0.1) is 12.0 Å². The number of nitrogens with two attached hydrogens (primary N) is 1. The van der Waals surface area contributed by atoms with Crippen molar-refractivity contribution in [3.8, 4) is 0 Å². The van der Waals surface area contributed by atoms with Crippen molar-refractivity contribution >= 4 is 28.6 Å². The highest BCUT2D eigenvalue weighted by molar-refractivity contribution is 5.85. The third kappa shape index (κ3) is 2.05. The zero-order valence-electron chi connectivity index (χ0n) is 10.1. The molecule has 4 N–H and O–H groups in total. The summed E-state index contributed by atoms with van der Waals surface area (Å²) in [6.07, 6.45) is 1.48. The maximum absolute atomic E-state index is 13.7. The standard InChI is InChI=1S/C12H11FN6/c1-6-2-3-7(13)8(4-6)17-11-9-10(16-5-15-9)18-12(14)19-11/h2-5H,1H3,(H4,14,15,16,17,18,19). The Morgan fingerprint density at radius 3 is 3.00 bits per heavy atom. The molecule has 0 fully saturated rings. The van der Waals surface area contributed by atoms with Gasteiger partial charge in [-0.3, -0.25) is 0 Å². The Hall–Kier alpha value is -2.70. The molecule has 0 bridgehead atoms. The molecule has 6 nitrogen and oxygen atoms in total. The van der Waals surface area contributed by atoms with Gasteiger partial charge >= 0.3 is 0 Å². The molecule has 0 spiro atoms. The van der Waals surface area contributed by atoms with Gasteiger partial charge in [0.2, 0.25) is 5.95 Å². The minimum atomic E-state index is -0.365. The lowest BCUT2D eigenvalue weighted by molar-refractivity contribution is 0.631. The maximum Gasteiger partial charge on any atom is 0.224 e. The minimum absolute atomic E-state index is 0.0789. The number of halogens is 1. The number of aryl methyl sites for hydroxylation is 1. The summed E-state index contributed by atoms with van der Waals surface area (Å²) in [5.41, 5.74) is 7.87. The number of anilines is 3. The molecule has 3 rings (SSSR count). The molecule has 0 saturated heterocycles. The summed E-state index contributed by atoms with van der Waals surface area (Å²) in [7, 11) is 0. The highest BCUT2D eigenvalue weighted by atomic mass is 19.1. The molecule has 3 aromatic rings. The number of nitrogen functional groups attached to an aromatic ring is 1. The number of nitrogens with one attached hydrogen (secondary N) is 2. The van der Waals surface area contributed by atoms with Gasteiger partial charge in [0, 0.05) is 0 Å². The minimum Gasteiger partial charge on any atom is -0.368 e. The molecular weight excluding hydrogens is 247 g/mol. The van der Waals surface area contributed by atoms with Crippen LogP contribution in [0.2, 0.25) is 0 Å². The number of imidazole rings is 1. The van der Waals surface area contributed by atoms with E-state index < -0.39 is 0 Å². The largest absolute Gasteiger partial charge is 0.368 e. The van der Waals surface area contributed by atoms with Gasteiger partial charge in [-0.15, -0.1) is 0 Å². The Morgan fingerprint density at radius 1 is 1.32 bits per heavy atom. The van der Waals surface area contributed by atoms with E-state index >= 15 is 0 Å². The van der Waals surface area contributed by atoms with Crippen molar-refractivity contribution in [2.45, 2.75) is 6.92 Å². The van der Waals surface area contributed by atoms with E-state index in [-0.39, 0.29) is 11.8 Å². The van der Waals surface area contributed by atoms with Gasteiger partial charge in [-0.1, -0.05) is 6.07 Å². The summed E-state index contributed by atoms with van der Waals surface area (Å²) < 4.78 is 13.7. The van der Waals surface area contributed by atoms with Gasteiger partial charge < -0.3 is 16.0 Å². The molecule has 0 aliphatic heterocycles. The summed E-state index contributed by atoms with van der Waals surface area (Å²) in [5, 5.41) is 2.91. The molecule has 0 aliphatic carbocycles. The number of nitrogens with zero attached hydrogens (tertiary/aromatic N) is 3. The highest BCUT2D eigenvalue weighted by Gasteiger charge is 2.10. The van der Waals surface area contributed by atoms with Crippen LogP contribution in [-0.4, -0.2) is 19.9 Å². The van der Waals surface area contributed by atoms with Crippen LogP contribution in [0.4, 0.5) is 21.8 Å². The second kappa shape index (κ2) is 4.20. The molecule has 1 aromatic carbocycles. The predicted octanol–water partition coefficient (Wildman–Crippen LogP) is 2.13. The number of hydrogen-bond donors (Lipinski definition) is 3. The van der Waals surface area contributed by atoms with Gasteiger partial charge in [-0.05, 0) is 24.6 Å². The van der Waals surface area contributed by atoms with Crippen LogP contribution in [-0.2, 0) is 0 Å². The first kappa shape index (κ1) is 11.4. The van der Waals surface area contributed by atoms with E-state index in [0.717, 1.165) is 5.56 Å². The van der Waals surface area contributed by atoms with Crippen molar-refractivity contribution in [2.24, 2.45) is 0 Å². The number of benzene rings is 1. The van der Waals surface area contributed by atoms with Crippen LogP contribution in [0.25, 0.3) is 11.2 Å². The maximum atomic E-state index is 13.7. The Morgan fingerprint density at radius 2 is 2.16 bits per heavy atom. The van der Waals surface area contributed by atoms with E-state index in [4.69, 9.17) is 5.73 Å². The van der Waals surface area contributed by atoms with Crippen molar-refractivity contribution in [2.75, 3.05) is 11.1 Å². The number of fused-ring (bicyclic) bond motifs is 1. The van der Waals surface area contributed by atoms with E-state index in [0.29, 0.717) is 22.7 Å². The van der Waals surface area contributed by atoms with Crippen molar-refractivity contribution in [3.05, 3.63) is 35.9 Å². The molecule has 0 aliphatic rings. The Bertz CT molecular complexity index is 751. The monoisotopic (exact) mass is 258 g/mol. The van der Waals surface area contributed by atoms with E-state index in [9.17, 15) is 4.39 Å². The third-order valence-electron chi connectivity index (χ3n) is 2.68. The highest BCUT2D eigenvalue weighted by Crippen LogP contribution is 2.24. The number of aromatic nitrogens is 4. The second-order valence-corrected chi connectivity index (χ2v) is 4.14. The Kier molecular flexibility index (Phi) is 2.52. The van der Waals surface area contributed by atoms with Crippen molar-refractivity contribution in [1.29, 1.82) is 0 Å². The molecule has 2 aromatic heterocycles. The van der Waals surface area contributed by atoms with Gasteiger partial charge in [0.25, 0.3) is 0 Å². The number of aromatic amines is 1. The number of H-pyrrole nitrogens is 1. The molecule has 0 amide bonds. The third-order valence-corrected chi connectivity index (χ3v) is 2.68. The molecule has 0 radical (unpaired) electrons. The zero-order valence-corrected chi connectivity index (χ0v) is 10.1. The second-order valence-electron chi connectivity index (χ2n) is 4.14. The van der Waals surface area contributed by atoms with E-state index in [1.54, 1.807) is 12.1 Å². The summed E-state index contributed by atoms with van der Waals surface area (Å²) in [6.45, 7) is 1.88. The van der Waals surface area contributed by atoms with Crippen molar-refractivity contribution in [3.63, 3.8) is 0 Å². The summed E-state index contributed by atoms with van der Waals surface area (Å²) in [4.78, 5) is 14.9. The first-order valence-electron chi connectivity index (χ1n) is 5.63. The topological polar surface area (TPSA) is 92.5 Å². The molecule has 0 saturated carbocycles. The van der Waals surface area contributed by atoms with Crippen molar-refractivity contribution < 1.29 is 4.39 Å².